The predicted octanol–water partition coefficient (Wildman–Crippen LogP) is 3.44. The minimum atomic E-state index is -0.460. The van der Waals surface area contributed by atoms with Gasteiger partial charge in [0.15, 0.2) is 5.82 Å². The van der Waals surface area contributed by atoms with Crippen LogP contribution in [-0.2, 0) is 11.3 Å². The molecule has 23 heavy (non-hydrogen) atoms. The molecule has 2 aromatic rings. The van der Waals surface area contributed by atoms with Gasteiger partial charge in [-0.3, -0.25) is 5.32 Å². The fourth-order valence-electron chi connectivity index (χ4n) is 2.26. The second-order valence-electron chi connectivity index (χ2n) is 5.50. The predicted molar refractivity (Wildman–Crippen MR) is 85.4 cm³/mol. The second kappa shape index (κ2) is 6.68. The average Bonchev–Trinajstić information content (AvgIpc) is 3.27. The lowest BCUT2D eigenvalue weighted by Crippen LogP contribution is -2.14. The van der Waals surface area contributed by atoms with Crippen LogP contribution in [0.25, 0.3) is 0 Å². The van der Waals surface area contributed by atoms with Crippen molar-refractivity contribution in [2.75, 3.05) is 17.2 Å². The first kappa shape index (κ1) is 15.3. The van der Waals surface area contributed by atoms with Crippen molar-refractivity contribution >= 4 is 17.5 Å². The van der Waals surface area contributed by atoms with Gasteiger partial charge in [-0.05, 0) is 44.4 Å². The number of carbonyl (C=O) groups is 1. The van der Waals surface area contributed by atoms with Crippen LogP contribution in [-0.4, -0.2) is 22.8 Å². The molecule has 0 bridgehead atoms. The number of benzene rings is 1. The number of amides is 1. The van der Waals surface area contributed by atoms with Crippen LogP contribution in [0.1, 0.15) is 43.0 Å². The lowest BCUT2D eigenvalue weighted by Gasteiger charge is -2.13. The van der Waals surface area contributed by atoms with Gasteiger partial charge in [-0.25, -0.2) is 4.79 Å². The zero-order valence-corrected chi connectivity index (χ0v) is 13.3. The van der Waals surface area contributed by atoms with Crippen molar-refractivity contribution in [2.45, 2.75) is 39.2 Å². The van der Waals surface area contributed by atoms with E-state index < -0.39 is 6.09 Å². The maximum Gasteiger partial charge on any atom is 0.411 e. The molecule has 1 fully saturated rings. The zero-order valence-electron chi connectivity index (χ0n) is 13.3. The van der Waals surface area contributed by atoms with Crippen LogP contribution in [0.5, 0.6) is 0 Å². The van der Waals surface area contributed by atoms with E-state index in [1.807, 2.05) is 25.1 Å². The lowest BCUT2D eigenvalue weighted by atomic mass is 10.1. The molecule has 2 N–H and O–H groups in total. The molecular weight excluding hydrogens is 296 g/mol. The van der Waals surface area contributed by atoms with E-state index in [0.29, 0.717) is 30.6 Å². The van der Waals surface area contributed by atoms with Crippen LogP contribution in [0.15, 0.2) is 22.7 Å². The van der Waals surface area contributed by atoms with Crippen LogP contribution in [0, 0.1) is 6.92 Å². The van der Waals surface area contributed by atoms with Crippen LogP contribution in [0.4, 0.5) is 16.2 Å². The molecule has 1 aliphatic carbocycles. The number of aromatic nitrogens is 2. The van der Waals surface area contributed by atoms with Crippen molar-refractivity contribution in [3.05, 3.63) is 35.5 Å². The van der Waals surface area contributed by atoms with Gasteiger partial charge in [-0.1, -0.05) is 11.2 Å². The summed E-state index contributed by atoms with van der Waals surface area (Å²) in [4.78, 5) is 15.9. The normalized spacial score (nSPS) is 13.7. The highest BCUT2D eigenvalue weighted by atomic mass is 16.5. The Morgan fingerprint density at radius 3 is 2.91 bits per heavy atom. The Morgan fingerprint density at radius 1 is 1.39 bits per heavy atom. The maximum absolute atomic E-state index is 11.5. The number of anilines is 2. The van der Waals surface area contributed by atoms with Crippen molar-refractivity contribution in [1.82, 2.24) is 10.1 Å². The lowest BCUT2D eigenvalue weighted by molar-refractivity contribution is 0.168. The molecule has 0 saturated heterocycles. The summed E-state index contributed by atoms with van der Waals surface area (Å²) in [6.07, 6.45) is 1.83. The van der Waals surface area contributed by atoms with Crippen LogP contribution in [0.3, 0.4) is 0 Å². The van der Waals surface area contributed by atoms with Crippen molar-refractivity contribution in [3.63, 3.8) is 0 Å². The maximum atomic E-state index is 11.5. The number of ether oxygens (including phenoxy) is 1. The van der Waals surface area contributed by atoms with Gasteiger partial charge in [-0.15, -0.1) is 0 Å². The molecule has 3 rings (SSSR count). The SMILES string of the molecule is CCOC(=O)Nc1cccc(NCc2nc(C3CC3)no2)c1C. The van der Waals surface area contributed by atoms with Gasteiger partial charge in [-0.2, -0.15) is 4.98 Å². The van der Waals surface area contributed by atoms with Gasteiger partial charge in [0.25, 0.3) is 0 Å². The molecule has 1 aromatic heterocycles. The monoisotopic (exact) mass is 316 g/mol. The summed E-state index contributed by atoms with van der Waals surface area (Å²) in [5, 5.41) is 9.97. The van der Waals surface area contributed by atoms with Gasteiger partial charge in [0.1, 0.15) is 0 Å². The highest BCUT2D eigenvalue weighted by molar-refractivity contribution is 5.87. The molecule has 7 nitrogen and oxygen atoms in total. The molecular formula is C16H20N4O3. The number of nitrogens with zero attached hydrogens (tertiary/aromatic N) is 2. The van der Waals surface area contributed by atoms with Crippen molar-refractivity contribution in [3.8, 4) is 0 Å². The molecule has 1 heterocycles. The Labute approximate surface area is 134 Å². The summed E-state index contributed by atoms with van der Waals surface area (Å²) in [6, 6.07) is 5.62. The molecule has 0 spiro atoms. The Balaban J connectivity index is 1.63. The van der Waals surface area contributed by atoms with E-state index in [9.17, 15) is 4.79 Å². The van der Waals surface area contributed by atoms with E-state index >= 15 is 0 Å². The van der Waals surface area contributed by atoms with Gasteiger partial charge in [0.2, 0.25) is 5.89 Å². The van der Waals surface area contributed by atoms with Crippen molar-refractivity contribution < 1.29 is 14.1 Å². The van der Waals surface area contributed by atoms with E-state index in [2.05, 4.69) is 20.8 Å². The van der Waals surface area contributed by atoms with Crippen molar-refractivity contribution in [1.29, 1.82) is 0 Å². The highest BCUT2D eigenvalue weighted by Gasteiger charge is 2.28. The number of hydrogen-bond acceptors (Lipinski definition) is 6. The van der Waals surface area contributed by atoms with Gasteiger partial charge in [0, 0.05) is 17.3 Å². The molecule has 0 aliphatic heterocycles. The topological polar surface area (TPSA) is 89.3 Å². The minimum Gasteiger partial charge on any atom is -0.450 e. The second-order valence-corrected chi connectivity index (χ2v) is 5.50. The highest BCUT2D eigenvalue weighted by Crippen LogP contribution is 2.38. The molecule has 0 unspecified atom stereocenters. The summed E-state index contributed by atoms with van der Waals surface area (Å²) < 4.78 is 10.1. The molecule has 122 valence electrons. The summed E-state index contributed by atoms with van der Waals surface area (Å²) >= 11 is 0. The fraction of sp³-hybridized carbons (Fsp3) is 0.438. The molecule has 1 aliphatic rings. The third-order valence-corrected chi connectivity index (χ3v) is 3.70. The van der Waals surface area contributed by atoms with E-state index in [4.69, 9.17) is 9.26 Å². The Kier molecular flexibility index (Phi) is 4.45. The number of hydrogen-bond donors (Lipinski definition) is 2. The first-order chi connectivity index (χ1) is 11.2. The van der Waals surface area contributed by atoms with Crippen molar-refractivity contribution in [2.24, 2.45) is 0 Å². The van der Waals surface area contributed by atoms with Crippen LogP contribution in [0.2, 0.25) is 0 Å². The molecule has 1 amide bonds. The number of nitrogens with one attached hydrogen (secondary N) is 2. The standard InChI is InChI=1S/C16H20N4O3/c1-3-22-16(21)18-13-6-4-5-12(10(13)2)17-9-14-19-15(20-23-14)11-7-8-11/h4-6,11,17H,3,7-9H2,1-2H3,(H,18,21). The summed E-state index contributed by atoms with van der Waals surface area (Å²) in [5.41, 5.74) is 2.52. The first-order valence-corrected chi connectivity index (χ1v) is 7.77. The largest absolute Gasteiger partial charge is 0.450 e. The van der Waals surface area contributed by atoms with E-state index in [0.717, 1.165) is 29.9 Å². The van der Waals surface area contributed by atoms with Gasteiger partial charge >= 0.3 is 6.09 Å². The van der Waals surface area contributed by atoms with Gasteiger partial charge in [0.05, 0.1) is 13.2 Å². The molecule has 1 aromatic carbocycles. The average molecular weight is 316 g/mol. The molecule has 1 saturated carbocycles. The van der Waals surface area contributed by atoms with E-state index in [1.54, 1.807) is 6.92 Å². The Hall–Kier alpha value is -2.57. The van der Waals surface area contributed by atoms with Gasteiger partial charge < -0.3 is 14.6 Å². The fourth-order valence-corrected chi connectivity index (χ4v) is 2.26. The smallest absolute Gasteiger partial charge is 0.411 e. The third-order valence-electron chi connectivity index (χ3n) is 3.70. The third kappa shape index (κ3) is 3.80. The Bertz CT molecular complexity index is 694. The summed E-state index contributed by atoms with van der Waals surface area (Å²) in [6.45, 7) is 4.48. The quantitative estimate of drug-likeness (QED) is 0.848. The minimum absolute atomic E-state index is 0.337. The van der Waals surface area contributed by atoms with Crippen LogP contribution >= 0.6 is 0 Å². The summed E-state index contributed by atoms with van der Waals surface area (Å²) in [7, 11) is 0. The first-order valence-electron chi connectivity index (χ1n) is 7.77. The Morgan fingerprint density at radius 2 is 2.17 bits per heavy atom. The number of rotatable bonds is 6. The van der Waals surface area contributed by atoms with Crippen LogP contribution < -0.4 is 10.6 Å². The van der Waals surface area contributed by atoms with E-state index in [-0.39, 0.29) is 0 Å². The number of carbonyl (C=O) groups excluding carboxylic acids is 1. The molecule has 7 heteroatoms. The van der Waals surface area contributed by atoms with E-state index in [1.165, 1.54) is 0 Å². The summed E-state index contributed by atoms with van der Waals surface area (Å²) in [5.74, 6) is 1.85. The zero-order chi connectivity index (χ0) is 16.2. The molecule has 0 atom stereocenters. The molecule has 0 radical (unpaired) electrons.